The molecule has 0 unspecified atom stereocenters. The van der Waals surface area contributed by atoms with E-state index in [4.69, 9.17) is 21.4 Å². The summed E-state index contributed by atoms with van der Waals surface area (Å²) in [4.78, 5) is 2.36. The highest BCUT2D eigenvalue weighted by Gasteiger charge is 2.51. The molecule has 3 aliphatic heterocycles. The van der Waals surface area contributed by atoms with Gasteiger partial charge in [-0.05, 0) is 30.8 Å². The third-order valence-corrected chi connectivity index (χ3v) is 6.07. The van der Waals surface area contributed by atoms with E-state index < -0.39 is 0 Å². The lowest BCUT2D eigenvalue weighted by atomic mass is 9.91. The Balaban J connectivity index is 1.60. The number of hydrogen-bond acceptors (Lipinski definition) is 4. The maximum atomic E-state index is 6.60. The van der Waals surface area contributed by atoms with Crippen LogP contribution in [0.1, 0.15) is 36.4 Å². The maximum absolute atomic E-state index is 6.60. The first kappa shape index (κ1) is 16.2. The van der Waals surface area contributed by atoms with Crippen LogP contribution in [0.2, 0.25) is 5.02 Å². The lowest BCUT2D eigenvalue weighted by Crippen LogP contribution is -2.58. The van der Waals surface area contributed by atoms with E-state index in [0.29, 0.717) is 0 Å². The summed E-state index contributed by atoms with van der Waals surface area (Å²) in [6, 6.07) is 16.6. The van der Waals surface area contributed by atoms with E-state index >= 15 is 0 Å². The Morgan fingerprint density at radius 3 is 2.65 bits per heavy atom. The third-order valence-electron chi connectivity index (χ3n) is 5.83. The number of fused-ring (bicyclic) bond motifs is 4. The summed E-state index contributed by atoms with van der Waals surface area (Å²) in [6.45, 7) is 2.03. The van der Waals surface area contributed by atoms with Gasteiger partial charge in [0.15, 0.2) is 0 Å². The zero-order valence-electron chi connectivity index (χ0n) is 14.9. The molecular weight excluding hydrogens is 346 g/mol. The minimum Gasteiger partial charge on any atom is -0.466 e. The van der Waals surface area contributed by atoms with Crippen LogP contribution in [0, 0.1) is 0 Å². The van der Waals surface area contributed by atoms with Gasteiger partial charge in [-0.25, -0.2) is 5.01 Å². The molecule has 0 bridgehead atoms. The summed E-state index contributed by atoms with van der Waals surface area (Å²) in [5.41, 5.74) is 3.12. The number of hydrogen-bond donors (Lipinski definition) is 0. The molecular formula is C21H22ClN3O. The summed E-state index contributed by atoms with van der Waals surface area (Å²) >= 11 is 6.30. The van der Waals surface area contributed by atoms with Gasteiger partial charge in [0.1, 0.15) is 5.75 Å². The van der Waals surface area contributed by atoms with Gasteiger partial charge in [-0.3, -0.25) is 0 Å². The van der Waals surface area contributed by atoms with Crippen LogP contribution < -0.4 is 4.74 Å². The Bertz CT molecular complexity index is 859. The number of benzene rings is 2. The first-order chi connectivity index (χ1) is 12.6. The van der Waals surface area contributed by atoms with Gasteiger partial charge in [0, 0.05) is 42.9 Å². The summed E-state index contributed by atoms with van der Waals surface area (Å²) in [5, 5.41) is 8.06. The highest BCUT2D eigenvalue weighted by molar-refractivity contribution is 6.30. The van der Waals surface area contributed by atoms with Crippen LogP contribution in [0.5, 0.6) is 5.75 Å². The SMILES string of the molecule is CN1CCC2(CC1)Oc1ccc(Cl)cc1[C@@H]1CC(c3ccccc3)=NN12. The van der Waals surface area contributed by atoms with Crippen molar-refractivity contribution in [1.82, 2.24) is 9.91 Å². The lowest BCUT2D eigenvalue weighted by molar-refractivity contribution is -0.147. The maximum Gasteiger partial charge on any atom is 0.200 e. The summed E-state index contributed by atoms with van der Waals surface area (Å²) in [5.74, 6) is 0.963. The molecule has 1 saturated heterocycles. The van der Waals surface area contributed by atoms with E-state index in [1.54, 1.807) is 0 Å². The highest BCUT2D eigenvalue weighted by atomic mass is 35.5. The van der Waals surface area contributed by atoms with E-state index in [-0.39, 0.29) is 11.8 Å². The van der Waals surface area contributed by atoms with Crippen molar-refractivity contribution in [2.75, 3.05) is 20.1 Å². The minimum absolute atomic E-state index is 0.191. The fourth-order valence-electron chi connectivity index (χ4n) is 4.36. The van der Waals surface area contributed by atoms with Gasteiger partial charge in [0.2, 0.25) is 5.72 Å². The normalized spacial score (nSPS) is 24.0. The first-order valence-electron chi connectivity index (χ1n) is 9.24. The number of ether oxygens (including phenoxy) is 1. The highest BCUT2D eigenvalue weighted by Crippen LogP contribution is 2.50. The molecule has 26 heavy (non-hydrogen) atoms. The van der Waals surface area contributed by atoms with Crippen LogP contribution in [0.3, 0.4) is 0 Å². The summed E-state index contributed by atoms with van der Waals surface area (Å²) in [7, 11) is 2.17. The third kappa shape index (κ3) is 2.51. The van der Waals surface area contributed by atoms with Gasteiger partial charge in [0.05, 0.1) is 11.8 Å². The topological polar surface area (TPSA) is 28.1 Å². The lowest BCUT2D eigenvalue weighted by Gasteiger charge is -2.50. The molecule has 0 amide bonds. The van der Waals surface area contributed by atoms with E-state index in [1.165, 1.54) is 5.56 Å². The molecule has 3 heterocycles. The number of nitrogens with zero attached hydrogens (tertiary/aromatic N) is 3. The number of hydrazone groups is 1. The fourth-order valence-corrected chi connectivity index (χ4v) is 4.54. The Labute approximate surface area is 159 Å². The molecule has 4 nitrogen and oxygen atoms in total. The zero-order chi connectivity index (χ0) is 17.7. The molecule has 5 heteroatoms. The predicted molar refractivity (Wildman–Crippen MR) is 104 cm³/mol. The largest absolute Gasteiger partial charge is 0.466 e. The van der Waals surface area contributed by atoms with Crippen molar-refractivity contribution in [2.45, 2.75) is 31.0 Å². The van der Waals surface area contributed by atoms with Crippen molar-refractivity contribution in [3.63, 3.8) is 0 Å². The molecule has 2 aromatic carbocycles. The molecule has 2 aromatic rings. The number of piperidine rings is 1. The molecule has 0 aliphatic carbocycles. The van der Waals surface area contributed by atoms with Crippen LogP contribution in [-0.4, -0.2) is 41.5 Å². The quantitative estimate of drug-likeness (QED) is 0.752. The first-order valence-corrected chi connectivity index (χ1v) is 9.62. The van der Waals surface area contributed by atoms with Gasteiger partial charge >= 0.3 is 0 Å². The molecule has 5 rings (SSSR count). The van der Waals surface area contributed by atoms with Crippen LogP contribution in [0.25, 0.3) is 0 Å². The smallest absolute Gasteiger partial charge is 0.200 e. The molecule has 0 N–H and O–H groups in total. The van der Waals surface area contributed by atoms with Crippen LogP contribution in [0.15, 0.2) is 53.6 Å². The van der Waals surface area contributed by atoms with Crippen molar-refractivity contribution in [3.05, 3.63) is 64.7 Å². The van der Waals surface area contributed by atoms with Gasteiger partial charge in [-0.1, -0.05) is 41.9 Å². The van der Waals surface area contributed by atoms with E-state index in [9.17, 15) is 0 Å². The zero-order valence-corrected chi connectivity index (χ0v) is 15.6. The van der Waals surface area contributed by atoms with E-state index in [0.717, 1.165) is 54.4 Å². The number of halogens is 1. The molecule has 0 radical (unpaired) electrons. The standard InChI is InChI=1S/C21H22ClN3O/c1-24-11-9-21(10-12-24)25-19(17-13-16(22)7-8-20(17)26-21)14-18(23-25)15-5-3-2-4-6-15/h2-8,13,19H,9-12,14H2,1H3/t19-/m0/s1. The van der Waals surface area contributed by atoms with Crippen molar-refractivity contribution >= 4 is 17.3 Å². The molecule has 1 fully saturated rings. The van der Waals surface area contributed by atoms with Gasteiger partial charge < -0.3 is 9.64 Å². The Kier molecular flexibility index (Phi) is 3.73. The summed E-state index contributed by atoms with van der Waals surface area (Å²) in [6.07, 6.45) is 2.79. The Hall–Kier alpha value is -2.04. The predicted octanol–water partition coefficient (Wildman–Crippen LogP) is 4.31. The molecule has 0 aromatic heterocycles. The monoisotopic (exact) mass is 367 g/mol. The van der Waals surface area contributed by atoms with Gasteiger partial charge in [-0.15, -0.1) is 0 Å². The van der Waals surface area contributed by atoms with E-state index in [2.05, 4.69) is 41.2 Å². The summed E-state index contributed by atoms with van der Waals surface area (Å²) < 4.78 is 6.60. The molecule has 1 atom stereocenters. The Morgan fingerprint density at radius 1 is 1.12 bits per heavy atom. The van der Waals surface area contributed by atoms with Gasteiger partial charge in [0.25, 0.3) is 0 Å². The van der Waals surface area contributed by atoms with Crippen LogP contribution in [-0.2, 0) is 0 Å². The van der Waals surface area contributed by atoms with Crippen molar-refractivity contribution in [3.8, 4) is 5.75 Å². The second kappa shape index (κ2) is 6.00. The fraction of sp³-hybridized carbons (Fsp3) is 0.381. The van der Waals surface area contributed by atoms with Crippen LogP contribution >= 0.6 is 11.6 Å². The molecule has 0 saturated carbocycles. The van der Waals surface area contributed by atoms with Crippen LogP contribution in [0.4, 0.5) is 0 Å². The molecule has 3 aliphatic rings. The second-order valence-electron chi connectivity index (χ2n) is 7.51. The molecule has 134 valence electrons. The van der Waals surface area contributed by atoms with Gasteiger partial charge in [-0.2, -0.15) is 5.10 Å². The van der Waals surface area contributed by atoms with Crippen molar-refractivity contribution in [2.24, 2.45) is 5.10 Å². The van der Waals surface area contributed by atoms with Crippen molar-refractivity contribution < 1.29 is 4.74 Å². The Morgan fingerprint density at radius 2 is 1.88 bits per heavy atom. The minimum atomic E-state index is -0.353. The number of likely N-dealkylation sites (tertiary alicyclic amines) is 1. The average molecular weight is 368 g/mol. The molecule has 1 spiro atoms. The second-order valence-corrected chi connectivity index (χ2v) is 7.95. The number of rotatable bonds is 1. The van der Waals surface area contributed by atoms with E-state index in [1.807, 2.05) is 24.3 Å². The average Bonchev–Trinajstić information content (AvgIpc) is 3.12. The van der Waals surface area contributed by atoms with Crippen molar-refractivity contribution in [1.29, 1.82) is 0 Å².